The standard InChI is InChI=1S/C7H2Cl2F2O2/c8-3-1-2(7(12)13)5(10)4(9)6(3)11/h1H,(H,12,13). The second-order valence-electron chi connectivity index (χ2n) is 2.15. The molecule has 0 atom stereocenters. The molecule has 1 aromatic carbocycles. The molecule has 0 unspecified atom stereocenters. The van der Waals surface area contributed by atoms with Gasteiger partial charge in [0.2, 0.25) is 0 Å². The zero-order valence-corrected chi connectivity index (χ0v) is 7.46. The summed E-state index contributed by atoms with van der Waals surface area (Å²) in [5, 5.41) is 6.99. The van der Waals surface area contributed by atoms with Crippen LogP contribution in [0.25, 0.3) is 0 Å². The van der Waals surface area contributed by atoms with Crippen molar-refractivity contribution in [1.82, 2.24) is 0 Å². The van der Waals surface area contributed by atoms with Crippen molar-refractivity contribution in [3.05, 3.63) is 33.3 Å². The van der Waals surface area contributed by atoms with Crippen LogP contribution in [0.1, 0.15) is 10.4 Å². The van der Waals surface area contributed by atoms with Crippen LogP contribution in [-0.4, -0.2) is 11.1 Å². The minimum absolute atomic E-state index is 0.524. The van der Waals surface area contributed by atoms with Crippen molar-refractivity contribution >= 4 is 29.2 Å². The number of aromatic carboxylic acids is 1. The van der Waals surface area contributed by atoms with E-state index in [1.807, 2.05) is 0 Å². The molecule has 0 heterocycles. The number of carboxylic acids is 1. The first-order valence-corrected chi connectivity index (χ1v) is 3.77. The lowest BCUT2D eigenvalue weighted by molar-refractivity contribution is 0.0692. The Morgan fingerprint density at radius 2 is 1.85 bits per heavy atom. The fourth-order valence-electron chi connectivity index (χ4n) is 0.728. The molecule has 0 fully saturated rings. The molecule has 0 saturated heterocycles. The number of hydrogen-bond acceptors (Lipinski definition) is 1. The second-order valence-corrected chi connectivity index (χ2v) is 2.94. The van der Waals surface area contributed by atoms with Crippen LogP contribution in [0.4, 0.5) is 8.78 Å². The molecule has 0 aliphatic rings. The molecule has 0 saturated carbocycles. The Kier molecular flexibility index (Phi) is 2.73. The van der Waals surface area contributed by atoms with Gasteiger partial charge >= 0.3 is 5.97 Å². The predicted molar refractivity (Wildman–Crippen MR) is 43.3 cm³/mol. The van der Waals surface area contributed by atoms with Gasteiger partial charge in [-0.25, -0.2) is 13.6 Å². The highest BCUT2D eigenvalue weighted by Gasteiger charge is 2.19. The highest BCUT2D eigenvalue weighted by atomic mass is 35.5. The minimum Gasteiger partial charge on any atom is -0.478 e. The molecule has 1 rings (SSSR count). The zero-order valence-electron chi connectivity index (χ0n) is 5.94. The van der Waals surface area contributed by atoms with Gasteiger partial charge in [-0.05, 0) is 6.07 Å². The van der Waals surface area contributed by atoms with Crippen LogP contribution in [0, 0.1) is 11.6 Å². The lowest BCUT2D eigenvalue weighted by Gasteiger charge is -2.02. The largest absolute Gasteiger partial charge is 0.478 e. The topological polar surface area (TPSA) is 37.3 Å². The molecule has 1 aromatic rings. The second kappa shape index (κ2) is 3.47. The van der Waals surface area contributed by atoms with Gasteiger partial charge in [-0.3, -0.25) is 0 Å². The third-order valence-corrected chi connectivity index (χ3v) is 1.94. The summed E-state index contributed by atoms with van der Waals surface area (Å²) in [6, 6.07) is 0.667. The van der Waals surface area contributed by atoms with E-state index < -0.39 is 33.2 Å². The molecular formula is C7H2Cl2F2O2. The maximum atomic E-state index is 12.9. The quantitative estimate of drug-likeness (QED) is 0.591. The molecule has 0 aliphatic heterocycles. The molecular weight excluding hydrogens is 225 g/mol. The monoisotopic (exact) mass is 226 g/mol. The first-order chi connectivity index (χ1) is 5.95. The molecule has 0 amide bonds. The number of carbonyl (C=O) groups is 1. The molecule has 2 nitrogen and oxygen atoms in total. The van der Waals surface area contributed by atoms with Crippen molar-refractivity contribution in [2.24, 2.45) is 0 Å². The van der Waals surface area contributed by atoms with Gasteiger partial charge in [0.05, 0.1) is 10.6 Å². The van der Waals surface area contributed by atoms with Crippen molar-refractivity contribution < 1.29 is 18.7 Å². The normalized spacial score (nSPS) is 10.2. The summed E-state index contributed by atoms with van der Waals surface area (Å²) in [4.78, 5) is 10.4. The maximum absolute atomic E-state index is 12.9. The molecule has 6 heteroatoms. The van der Waals surface area contributed by atoms with Gasteiger partial charge in [-0.15, -0.1) is 0 Å². The average molecular weight is 227 g/mol. The SMILES string of the molecule is O=C(O)c1cc(Cl)c(F)c(Cl)c1F. The van der Waals surface area contributed by atoms with Gasteiger partial charge < -0.3 is 5.11 Å². The van der Waals surface area contributed by atoms with E-state index >= 15 is 0 Å². The summed E-state index contributed by atoms with van der Waals surface area (Å²) < 4.78 is 25.6. The molecule has 0 bridgehead atoms. The van der Waals surface area contributed by atoms with E-state index in [1.54, 1.807) is 0 Å². The molecule has 0 spiro atoms. The predicted octanol–water partition coefficient (Wildman–Crippen LogP) is 2.97. The van der Waals surface area contributed by atoms with Gasteiger partial charge in [-0.2, -0.15) is 0 Å². The molecule has 0 aliphatic carbocycles. The molecule has 70 valence electrons. The van der Waals surface area contributed by atoms with Crippen LogP contribution in [0.2, 0.25) is 10.0 Å². The Hall–Kier alpha value is -0.870. The first kappa shape index (κ1) is 10.2. The van der Waals surface area contributed by atoms with Crippen LogP contribution in [-0.2, 0) is 0 Å². The Bertz CT molecular complexity index is 379. The van der Waals surface area contributed by atoms with E-state index in [9.17, 15) is 13.6 Å². The number of carboxylic acid groups (broad SMARTS) is 1. The van der Waals surface area contributed by atoms with Crippen molar-refractivity contribution in [3.8, 4) is 0 Å². The van der Waals surface area contributed by atoms with Crippen molar-refractivity contribution in [2.75, 3.05) is 0 Å². The van der Waals surface area contributed by atoms with Crippen molar-refractivity contribution in [2.45, 2.75) is 0 Å². The lowest BCUT2D eigenvalue weighted by Crippen LogP contribution is -2.02. The summed E-state index contributed by atoms with van der Waals surface area (Å²) in [6.45, 7) is 0. The van der Waals surface area contributed by atoms with Crippen LogP contribution in [0.5, 0.6) is 0 Å². The van der Waals surface area contributed by atoms with Gasteiger partial charge in [-0.1, -0.05) is 23.2 Å². The fraction of sp³-hybridized carbons (Fsp3) is 0. The summed E-state index contributed by atoms with van der Waals surface area (Å²) in [5.74, 6) is -4.04. The number of rotatable bonds is 1. The summed E-state index contributed by atoms with van der Waals surface area (Å²) in [5.41, 5.74) is -0.753. The van der Waals surface area contributed by atoms with Crippen LogP contribution in [0.3, 0.4) is 0 Å². The van der Waals surface area contributed by atoms with Gasteiger partial charge in [0.1, 0.15) is 5.02 Å². The van der Waals surface area contributed by atoms with E-state index in [-0.39, 0.29) is 0 Å². The molecule has 1 N–H and O–H groups in total. The summed E-state index contributed by atoms with van der Waals surface area (Å²) in [6.07, 6.45) is 0. The van der Waals surface area contributed by atoms with E-state index in [0.717, 1.165) is 0 Å². The highest BCUT2D eigenvalue weighted by Crippen LogP contribution is 2.28. The summed E-state index contributed by atoms with van der Waals surface area (Å²) >= 11 is 10.4. The van der Waals surface area contributed by atoms with Crippen molar-refractivity contribution in [3.63, 3.8) is 0 Å². The van der Waals surface area contributed by atoms with Crippen molar-refractivity contribution in [1.29, 1.82) is 0 Å². The number of benzene rings is 1. The molecule has 0 radical (unpaired) electrons. The Morgan fingerprint density at radius 3 is 2.31 bits per heavy atom. The van der Waals surface area contributed by atoms with E-state index in [0.29, 0.717) is 6.07 Å². The van der Waals surface area contributed by atoms with E-state index in [1.165, 1.54) is 0 Å². The first-order valence-electron chi connectivity index (χ1n) is 3.01. The third kappa shape index (κ3) is 1.73. The van der Waals surface area contributed by atoms with Crippen LogP contribution >= 0.6 is 23.2 Å². The van der Waals surface area contributed by atoms with Crippen LogP contribution in [0.15, 0.2) is 6.07 Å². The van der Waals surface area contributed by atoms with Gasteiger partial charge in [0.25, 0.3) is 0 Å². The van der Waals surface area contributed by atoms with Crippen LogP contribution < -0.4 is 0 Å². The zero-order chi connectivity index (χ0) is 10.2. The average Bonchev–Trinajstić information content (AvgIpc) is 2.07. The Morgan fingerprint density at radius 1 is 1.31 bits per heavy atom. The maximum Gasteiger partial charge on any atom is 0.338 e. The third-order valence-electron chi connectivity index (χ3n) is 1.33. The Balaban J connectivity index is 3.50. The Labute approximate surface area is 81.7 Å². The summed E-state index contributed by atoms with van der Waals surface area (Å²) in [7, 11) is 0. The highest BCUT2D eigenvalue weighted by molar-refractivity contribution is 6.35. The van der Waals surface area contributed by atoms with Gasteiger partial charge in [0, 0.05) is 0 Å². The smallest absolute Gasteiger partial charge is 0.338 e. The number of halogens is 4. The molecule has 13 heavy (non-hydrogen) atoms. The van der Waals surface area contributed by atoms with Gasteiger partial charge in [0.15, 0.2) is 11.6 Å². The van der Waals surface area contributed by atoms with E-state index in [4.69, 9.17) is 28.3 Å². The minimum atomic E-state index is -1.55. The fourth-order valence-corrected chi connectivity index (χ4v) is 1.18. The number of hydrogen-bond donors (Lipinski definition) is 1. The lowest BCUT2D eigenvalue weighted by atomic mass is 10.2. The molecule has 0 aromatic heterocycles. The van der Waals surface area contributed by atoms with E-state index in [2.05, 4.69) is 0 Å².